The van der Waals surface area contributed by atoms with Gasteiger partial charge in [-0.05, 0) is 20.8 Å². The maximum absolute atomic E-state index is 5.12. The molecule has 0 aromatic carbocycles. The van der Waals surface area contributed by atoms with Crippen LogP contribution in [0, 0.1) is 13.8 Å². The average Bonchev–Trinajstić information content (AvgIpc) is 2.93. The fourth-order valence-electron chi connectivity index (χ4n) is 1.85. The number of aryl methyl sites for hydroxylation is 2. The molecule has 2 rings (SSSR count). The Kier molecular flexibility index (Phi) is 4.55. The lowest BCUT2D eigenvalue weighted by atomic mass is 10.3. The number of methoxy groups -OCH3 is 1. The number of rotatable bonds is 6. The average molecular weight is 280 g/mol. The summed E-state index contributed by atoms with van der Waals surface area (Å²) in [7, 11) is 1.71. The van der Waals surface area contributed by atoms with Gasteiger partial charge in [0, 0.05) is 30.9 Å². The second kappa shape index (κ2) is 6.16. The van der Waals surface area contributed by atoms with Crippen LogP contribution in [0.15, 0.2) is 11.6 Å². The summed E-state index contributed by atoms with van der Waals surface area (Å²) in [5.41, 5.74) is 2.06. The first-order valence-corrected chi connectivity index (χ1v) is 7.19. The Morgan fingerprint density at radius 1 is 1.37 bits per heavy atom. The Balaban J connectivity index is 2.09. The van der Waals surface area contributed by atoms with Crippen LogP contribution in [-0.4, -0.2) is 28.3 Å². The van der Waals surface area contributed by atoms with Gasteiger partial charge in [0.15, 0.2) is 0 Å². The predicted octanol–water partition coefficient (Wildman–Crippen LogP) is 2.78. The Labute approximate surface area is 117 Å². The van der Waals surface area contributed by atoms with Crippen molar-refractivity contribution >= 4 is 17.3 Å². The van der Waals surface area contributed by atoms with E-state index in [1.807, 2.05) is 20.0 Å². The number of nitrogens with zero attached hydrogens (tertiary/aromatic N) is 3. The van der Waals surface area contributed by atoms with Gasteiger partial charge in [-0.2, -0.15) is 0 Å². The van der Waals surface area contributed by atoms with Gasteiger partial charge in [0.1, 0.15) is 5.01 Å². The van der Waals surface area contributed by atoms with E-state index in [0.717, 1.165) is 28.9 Å². The van der Waals surface area contributed by atoms with E-state index >= 15 is 0 Å². The Morgan fingerprint density at radius 3 is 2.79 bits per heavy atom. The molecule has 104 valence electrons. The van der Waals surface area contributed by atoms with E-state index in [1.165, 1.54) is 0 Å². The van der Waals surface area contributed by atoms with Gasteiger partial charge in [-0.15, -0.1) is 11.3 Å². The van der Waals surface area contributed by atoms with Crippen molar-refractivity contribution in [3.8, 4) is 0 Å². The summed E-state index contributed by atoms with van der Waals surface area (Å²) < 4.78 is 7.20. The lowest BCUT2D eigenvalue weighted by Gasteiger charge is -2.13. The summed E-state index contributed by atoms with van der Waals surface area (Å²) in [6.07, 6.45) is 2.03. The minimum atomic E-state index is 0.154. The molecule has 2 heterocycles. The van der Waals surface area contributed by atoms with Gasteiger partial charge in [-0.25, -0.2) is 9.97 Å². The summed E-state index contributed by atoms with van der Waals surface area (Å²) in [6.45, 7) is 7.57. The van der Waals surface area contributed by atoms with E-state index in [4.69, 9.17) is 4.74 Å². The number of ether oxygens (including phenoxy) is 1. The monoisotopic (exact) mass is 280 g/mol. The first-order chi connectivity index (χ1) is 9.10. The highest BCUT2D eigenvalue weighted by atomic mass is 32.1. The highest BCUT2D eigenvalue weighted by Crippen LogP contribution is 2.22. The summed E-state index contributed by atoms with van der Waals surface area (Å²) in [4.78, 5) is 9.01. The van der Waals surface area contributed by atoms with E-state index in [-0.39, 0.29) is 6.04 Å². The highest BCUT2D eigenvalue weighted by molar-refractivity contribution is 7.09. The van der Waals surface area contributed by atoms with Crippen molar-refractivity contribution in [2.75, 3.05) is 19.0 Å². The third-order valence-corrected chi connectivity index (χ3v) is 3.93. The van der Waals surface area contributed by atoms with Gasteiger partial charge >= 0.3 is 0 Å². The summed E-state index contributed by atoms with van der Waals surface area (Å²) in [5.74, 6) is 0.870. The van der Waals surface area contributed by atoms with Crippen molar-refractivity contribution in [1.82, 2.24) is 14.5 Å². The molecule has 1 N–H and O–H groups in total. The summed E-state index contributed by atoms with van der Waals surface area (Å²) in [5, 5.41) is 6.56. The molecule has 1 atom stereocenters. The second-order valence-electron chi connectivity index (χ2n) is 4.59. The van der Waals surface area contributed by atoms with Gasteiger partial charge in [0.25, 0.3) is 0 Å². The largest absolute Gasteiger partial charge is 0.383 e. The molecule has 0 amide bonds. The van der Waals surface area contributed by atoms with Crippen molar-refractivity contribution in [2.24, 2.45) is 0 Å². The van der Waals surface area contributed by atoms with Crippen LogP contribution in [-0.2, 0) is 11.3 Å². The molecule has 6 heteroatoms. The Morgan fingerprint density at radius 2 is 2.16 bits per heavy atom. The molecular formula is C13H20N4OS. The fraction of sp³-hybridized carbons (Fsp3) is 0.538. The highest BCUT2D eigenvalue weighted by Gasteiger charge is 2.13. The second-order valence-corrected chi connectivity index (χ2v) is 5.47. The lowest BCUT2D eigenvalue weighted by Crippen LogP contribution is -2.13. The van der Waals surface area contributed by atoms with Gasteiger partial charge < -0.3 is 14.6 Å². The number of hydrogen-bond donors (Lipinski definition) is 1. The summed E-state index contributed by atoms with van der Waals surface area (Å²) in [6, 6.07) is 0.154. The number of hydrogen-bond acceptors (Lipinski definition) is 5. The molecular weight excluding hydrogens is 260 g/mol. The van der Waals surface area contributed by atoms with E-state index in [1.54, 1.807) is 18.4 Å². The molecule has 0 radical (unpaired) electrons. The molecule has 19 heavy (non-hydrogen) atoms. The van der Waals surface area contributed by atoms with Crippen molar-refractivity contribution < 1.29 is 4.74 Å². The molecule has 0 aliphatic heterocycles. The van der Waals surface area contributed by atoms with Crippen molar-refractivity contribution in [2.45, 2.75) is 33.4 Å². The van der Waals surface area contributed by atoms with Gasteiger partial charge in [-0.3, -0.25) is 0 Å². The van der Waals surface area contributed by atoms with Gasteiger partial charge in [0.05, 0.1) is 18.3 Å². The van der Waals surface area contributed by atoms with Crippen molar-refractivity contribution in [1.29, 1.82) is 0 Å². The summed E-state index contributed by atoms with van der Waals surface area (Å²) >= 11 is 1.67. The lowest BCUT2D eigenvalue weighted by molar-refractivity contribution is 0.187. The molecule has 2 aromatic heterocycles. The third-order valence-electron chi connectivity index (χ3n) is 2.79. The van der Waals surface area contributed by atoms with E-state index < -0.39 is 0 Å². The van der Waals surface area contributed by atoms with E-state index in [0.29, 0.717) is 6.61 Å². The van der Waals surface area contributed by atoms with Gasteiger partial charge in [0.2, 0.25) is 5.95 Å². The SMILES string of the molecule is COCCn1cc(C)nc1NC(C)c1nc(C)cs1. The topological polar surface area (TPSA) is 52.0 Å². The number of thiazole rings is 1. The minimum absolute atomic E-state index is 0.154. The first kappa shape index (κ1) is 14.0. The molecule has 5 nitrogen and oxygen atoms in total. The smallest absolute Gasteiger partial charge is 0.203 e. The minimum Gasteiger partial charge on any atom is -0.383 e. The Bertz CT molecular complexity index is 534. The molecule has 2 aromatic rings. The van der Waals surface area contributed by atoms with E-state index in [2.05, 4.69) is 32.2 Å². The van der Waals surface area contributed by atoms with Crippen molar-refractivity contribution in [3.05, 3.63) is 28.0 Å². The van der Waals surface area contributed by atoms with Crippen LogP contribution in [0.2, 0.25) is 0 Å². The normalized spacial score (nSPS) is 12.6. The molecule has 0 aliphatic carbocycles. The molecule has 0 saturated heterocycles. The zero-order valence-electron chi connectivity index (χ0n) is 11.8. The van der Waals surface area contributed by atoms with Crippen LogP contribution in [0.3, 0.4) is 0 Å². The molecule has 0 spiro atoms. The fourth-order valence-corrected chi connectivity index (χ4v) is 2.65. The predicted molar refractivity (Wildman–Crippen MR) is 77.7 cm³/mol. The van der Waals surface area contributed by atoms with Crippen LogP contribution in [0.1, 0.15) is 29.4 Å². The molecule has 0 bridgehead atoms. The van der Waals surface area contributed by atoms with E-state index in [9.17, 15) is 0 Å². The number of aromatic nitrogens is 3. The quantitative estimate of drug-likeness (QED) is 0.884. The van der Waals surface area contributed by atoms with Crippen LogP contribution < -0.4 is 5.32 Å². The zero-order chi connectivity index (χ0) is 13.8. The number of nitrogens with one attached hydrogen (secondary N) is 1. The number of anilines is 1. The molecule has 0 fully saturated rings. The maximum Gasteiger partial charge on any atom is 0.203 e. The zero-order valence-corrected chi connectivity index (χ0v) is 12.6. The van der Waals surface area contributed by atoms with Crippen LogP contribution in [0.25, 0.3) is 0 Å². The van der Waals surface area contributed by atoms with Crippen LogP contribution >= 0.6 is 11.3 Å². The molecule has 1 unspecified atom stereocenters. The molecule has 0 saturated carbocycles. The van der Waals surface area contributed by atoms with Crippen molar-refractivity contribution in [3.63, 3.8) is 0 Å². The van der Waals surface area contributed by atoms with Crippen LogP contribution in [0.5, 0.6) is 0 Å². The maximum atomic E-state index is 5.12. The standard InChI is InChI=1S/C13H20N4OS/c1-9-7-17(5-6-18-4)13(15-9)16-11(3)12-14-10(2)8-19-12/h7-8,11H,5-6H2,1-4H3,(H,15,16). The first-order valence-electron chi connectivity index (χ1n) is 6.31. The number of imidazole rings is 1. The van der Waals surface area contributed by atoms with Gasteiger partial charge in [-0.1, -0.05) is 0 Å². The molecule has 0 aliphatic rings. The Hall–Kier alpha value is -1.40. The third kappa shape index (κ3) is 3.54. The van der Waals surface area contributed by atoms with Crippen LogP contribution in [0.4, 0.5) is 5.95 Å².